The van der Waals surface area contributed by atoms with Gasteiger partial charge in [0.1, 0.15) is 6.07 Å². The van der Waals surface area contributed by atoms with Crippen LogP contribution in [0.25, 0.3) is 0 Å². The highest BCUT2D eigenvalue weighted by atomic mass is 16.6. The third-order valence-electron chi connectivity index (χ3n) is 4.23. The molecular weight excluding hydrogens is 280 g/mol. The third kappa shape index (κ3) is 3.95. The molecule has 2 unspecified atom stereocenters. The molecule has 0 aromatic heterocycles. The number of nitriles is 1. The molecule has 1 aromatic carbocycles. The predicted molar refractivity (Wildman–Crippen MR) is 85.7 cm³/mol. The highest BCUT2D eigenvalue weighted by Crippen LogP contribution is 2.22. The van der Waals surface area contributed by atoms with E-state index in [0.717, 1.165) is 25.6 Å². The van der Waals surface area contributed by atoms with Gasteiger partial charge in [-0.1, -0.05) is 6.92 Å². The van der Waals surface area contributed by atoms with E-state index in [9.17, 15) is 10.1 Å². The van der Waals surface area contributed by atoms with Gasteiger partial charge in [0, 0.05) is 31.3 Å². The summed E-state index contributed by atoms with van der Waals surface area (Å²) in [6, 6.07) is 6.74. The number of nitro groups is 1. The summed E-state index contributed by atoms with van der Waals surface area (Å²) in [6.07, 6.45) is 2.52. The largest absolute Gasteiger partial charge is 0.382 e. The molecule has 22 heavy (non-hydrogen) atoms. The van der Waals surface area contributed by atoms with E-state index >= 15 is 0 Å². The number of nitro benzene ring substituents is 1. The van der Waals surface area contributed by atoms with Gasteiger partial charge in [0.25, 0.3) is 5.69 Å². The Bertz CT molecular complexity index is 582. The molecule has 1 aliphatic rings. The fourth-order valence-corrected chi connectivity index (χ4v) is 2.91. The van der Waals surface area contributed by atoms with Gasteiger partial charge >= 0.3 is 0 Å². The highest BCUT2D eigenvalue weighted by molar-refractivity contribution is 5.61. The summed E-state index contributed by atoms with van der Waals surface area (Å²) in [7, 11) is 0. The van der Waals surface area contributed by atoms with Crippen molar-refractivity contribution < 1.29 is 4.92 Å². The van der Waals surface area contributed by atoms with E-state index < -0.39 is 4.92 Å². The standard InChI is InChI=1S/C16H22N4O2/c1-12-4-3-7-19(11-12)13(2)10-18-16-6-5-15(20(21)22)8-14(16)9-17/h5-6,8,12-13,18H,3-4,7,10-11H2,1-2H3. The summed E-state index contributed by atoms with van der Waals surface area (Å²) >= 11 is 0. The maximum atomic E-state index is 10.8. The predicted octanol–water partition coefficient (Wildman–Crippen LogP) is 3.00. The van der Waals surface area contributed by atoms with E-state index in [1.807, 2.05) is 6.07 Å². The third-order valence-corrected chi connectivity index (χ3v) is 4.23. The van der Waals surface area contributed by atoms with Gasteiger partial charge < -0.3 is 5.32 Å². The number of hydrogen-bond acceptors (Lipinski definition) is 5. The maximum absolute atomic E-state index is 10.8. The number of benzene rings is 1. The summed E-state index contributed by atoms with van der Waals surface area (Å²) in [5.74, 6) is 0.727. The molecule has 1 aliphatic heterocycles. The average molecular weight is 302 g/mol. The second kappa shape index (κ2) is 7.23. The Balaban J connectivity index is 1.99. The molecule has 118 valence electrons. The monoisotopic (exact) mass is 302 g/mol. The Morgan fingerprint density at radius 2 is 2.36 bits per heavy atom. The first-order valence-corrected chi connectivity index (χ1v) is 7.67. The van der Waals surface area contributed by atoms with Crippen LogP contribution in [-0.2, 0) is 0 Å². The zero-order valence-corrected chi connectivity index (χ0v) is 13.1. The number of likely N-dealkylation sites (tertiary alicyclic amines) is 1. The molecule has 1 heterocycles. The highest BCUT2D eigenvalue weighted by Gasteiger charge is 2.21. The molecule has 1 aromatic rings. The molecule has 0 saturated carbocycles. The SMILES string of the molecule is CC1CCCN(C(C)CNc2ccc([N+](=O)[O-])cc2C#N)C1. The minimum atomic E-state index is -0.484. The van der Waals surface area contributed by atoms with Gasteiger partial charge in [-0.3, -0.25) is 15.0 Å². The van der Waals surface area contributed by atoms with Gasteiger partial charge in [0.05, 0.1) is 16.2 Å². The lowest BCUT2D eigenvalue weighted by Gasteiger charge is -2.35. The minimum absolute atomic E-state index is 0.0556. The topological polar surface area (TPSA) is 82.2 Å². The van der Waals surface area contributed by atoms with E-state index in [4.69, 9.17) is 5.26 Å². The van der Waals surface area contributed by atoms with Crippen LogP contribution in [0.1, 0.15) is 32.3 Å². The lowest BCUT2D eigenvalue weighted by atomic mass is 9.99. The number of rotatable bonds is 5. The summed E-state index contributed by atoms with van der Waals surface area (Å²) in [6.45, 7) is 7.38. The summed E-state index contributed by atoms with van der Waals surface area (Å²) in [5, 5.41) is 23.2. The molecule has 1 saturated heterocycles. The molecule has 0 bridgehead atoms. The Labute approximate surface area is 130 Å². The van der Waals surface area contributed by atoms with Crippen LogP contribution in [0.3, 0.4) is 0 Å². The van der Waals surface area contributed by atoms with E-state index in [1.165, 1.54) is 25.0 Å². The molecule has 2 atom stereocenters. The van der Waals surface area contributed by atoms with Crippen LogP contribution in [0.15, 0.2) is 18.2 Å². The lowest BCUT2D eigenvalue weighted by Crippen LogP contribution is -2.43. The number of nitrogens with one attached hydrogen (secondary N) is 1. The molecule has 1 N–H and O–H groups in total. The molecule has 0 aliphatic carbocycles. The number of nitrogens with zero attached hydrogens (tertiary/aromatic N) is 3. The van der Waals surface area contributed by atoms with Gasteiger partial charge in [-0.2, -0.15) is 5.26 Å². The number of piperidine rings is 1. The first kappa shape index (κ1) is 16.2. The van der Waals surface area contributed by atoms with Gasteiger partial charge in [-0.05, 0) is 38.3 Å². The van der Waals surface area contributed by atoms with Crippen molar-refractivity contribution in [2.24, 2.45) is 5.92 Å². The van der Waals surface area contributed by atoms with E-state index in [1.54, 1.807) is 6.07 Å². The Morgan fingerprint density at radius 3 is 3.00 bits per heavy atom. The van der Waals surface area contributed by atoms with Crippen molar-refractivity contribution in [3.05, 3.63) is 33.9 Å². The number of non-ortho nitro benzene ring substituents is 1. The van der Waals surface area contributed by atoms with Crippen LogP contribution in [-0.4, -0.2) is 35.5 Å². The Morgan fingerprint density at radius 1 is 1.59 bits per heavy atom. The second-order valence-electron chi connectivity index (χ2n) is 6.07. The van der Waals surface area contributed by atoms with Crippen LogP contribution in [0, 0.1) is 27.4 Å². The quantitative estimate of drug-likeness (QED) is 0.668. The fraction of sp³-hybridized carbons (Fsp3) is 0.562. The van der Waals surface area contributed by atoms with Gasteiger partial charge in [0.2, 0.25) is 0 Å². The summed E-state index contributed by atoms with van der Waals surface area (Å²) in [5.41, 5.74) is 0.915. The molecular formula is C16H22N4O2. The van der Waals surface area contributed by atoms with Crippen molar-refractivity contribution in [1.29, 1.82) is 5.26 Å². The van der Waals surface area contributed by atoms with Crippen molar-refractivity contribution in [2.45, 2.75) is 32.7 Å². The molecule has 0 amide bonds. The van der Waals surface area contributed by atoms with E-state index in [0.29, 0.717) is 17.3 Å². The van der Waals surface area contributed by atoms with E-state index in [-0.39, 0.29) is 5.69 Å². The van der Waals surface area contributed by atoms with Crippen molar-refractivity contribution in [1.82, 2.24) is 4.90 Å². The fourth-order valence-electron chi connectivity index (χ4n) is 2.91. The van der Waals surface area contributed by atoms with Crippen LogP contribution < -0.4 is 5.32 Å². The molecule has 6 nitrogen and oxygen atoms in total. The first-order chi connectivity index (χ1) is 10.5. The Hall–Kier alpha value is -2.13. The van der Waals surface area contributed by atoms with Crippen LogP contribution in [0.4, 0.5) is 11.4 Å². The molecule has 6 heteroatoms. The van der Waals surface area contributed by atoms with Crippen molar-refractivity contribution in [3.8, 4) is 6.07 Å². The van der Waals surface area contributed by atoms with E-state index in [2.05, 4.69) is 24.1 Å². The van der Waals surface area contributed by atoms with Crippen LogP contribution in [0.5, 0.6) is 0 Å². The second-order valence-corrected chi connectivity index (χ2v) is 6.07. The lowest BCUT2D eigenvalue weighted by molar-refractivity contribution is -0.384. The minimum Gasteiger partial charge on any atom is -0.382 e. The average Bonchev–Trinajstić information content (AvgIpc) is 2.52. The summed E-state index contributed by atoms with van der Waals surface area (Å²) < 4.78 is 0. The van der Waals surface area contributed by atoms with Gasteiger partial charge in [0.15, 0.2) is 0 Å². The number of anilines is 1. The maximum Gasteiger partial charge on any atom is 0.270 e. The molecule has 2 rings (SSSR count). The van der Waals surface area contributed by atoms with Gasteiger partial charge in [-0.15, -0.1) is 0 Å². The summed E-state index contributed by atoms with van der Waals surface area (Å²) in [4.78, 5) is 12.7. The van der Waals surface area contributed by atoms with Crippen LogP contribution in [0.2, 0.25) is 0 Å². The first-order valence-electron chi connectivity index (χ1n) is 7.67. The van der Waals surface area contributed by atoms with Crippen molar-refractivity contribution in [2.75, 3.05) is 25.0 Å². The molecule has 1 fully saturated rings. The van der Waals surface area contributed by atoms with Crippen molar-refractivity contribution in [3.63, 3.8) is 0 Å². The Kier molecular flexibility index (Phi) is 5.34. The van der Waals surface area contributed by atoms with Crippen LogP contribution >= 0.6 is 0 Å². The smallest absolute Gasteiger partial charge is 0.270 e. The molecule has 0 radical (unpaired) electrons. The zero-order valence-electron chi connectivity index (χ0n) is 13.1. The normalized spacial score (nSPS) is 20.1. The number of hydrogen-bond donors (Lipinski definition) is 1. The van der Waals surface area contributed by atoms with Crippen molar-refractivity contribution >= 4 is 11.4 Å². The molecule has 0 spiro atoms. The zero-order chi connectivity index (χ0) is 16.1. The van der Waals surface area contributed by atoms with Gasteiger partial charge in [-0.25, -0.2) is 0 Å².